The summed E-state index contributed by atoms with van der Waals surface area (Å²) in [5.74, 6) is 0.956. The van der Waals surface area contributed by atoms with Crippen molar-refractivity contribution in [1.82, 2.24) is 4.90 Å². The largest absolute Gasteiger partial charge is 0.458 e. The smallest absolute Gasteiger partial charge is 0.168 e. The number of aliphatic hydroxyl groups excluding tert-OH is 2. The fourth-order valence-corrected chi connectivity index (χ4v) is 3.21. The Kier molecular flexibility index (Phi) is 5.39. The van der Waals surface area contributed by atoms with Gasteiger partial charge in [-0.25, -0.2) is 4.90 Å². The van der Waals surface area contributed by atoms with Crippen molar-refractivity contribution in [2.24, 2.45) is 5.92 Å². The maximum absolute atomic E-state index is 10.5. The standard InChI is InChI=1S/C17H19ClN2O4/c18-13-5-12(9-19)6-14(7-13)24-15-8-16(21)20(17(15)22)10-11-1-3-23-4-2-11/h5-8,11,16-17,21-22H,1-4,10H2. The molecule has 0 aromatic heterocycles. The molecule has 0 aliphatic carbocycles. The Labute approximate surface area is 145 Å². The van der Waals surface area contributed by atoms with E-state index in [-0.39, 0.29) is 5.76 Å². The number of ether oxygens (including phenoxy) is 2. The number of nitriles is 1. The van der Waals surface area contributed by atoms with Crippen molar-refractivity contribution in [2.75, 3.05) is 19.8 Å². The van der Waals surface area contributed by atoms with Crippen molar-refractivity contribution in [3.63, 3.8) is 0 Å². The van der Waals surface area contributed by atoms with E-state index in [1.54, 1.807) is 11.0 Å². The summed E-state index contributed by atoms with van der Waals surface area (Å²) < 4.78 is 11.0. The van der Waals surface area contributed by atoms with Crippen molar-refractivity contribution in [1.29, 1.82) is 5.26 Å². The maximum Gasteiger partial charge on any atom is 0.168 e. The summed E-state index contributed by atoms with van der Waals surface area (Å²) in [4.78, 5) is 1.58. The van der Waals surface area contributed by atoms with Gasteiger partial charge < -0.3 is 19.7 Å². The minimum Gasteiger partial charge on any atom is -0.458 e. The molecule has 128 valence electrons. The lowest BCUT2D eigenvalue weighted by molar-refractivity contribution is -0.0691. The molecule has 2 atom stereocenters. The average Bonchev–Trinajstić information content (AvgIpc) is 2.83. The van der Waals surface area contributed by atoms with Crippen molar-refractivity contribution >= 4 is 11.6 Å². The molecule has 2 heterocycles. The second-order valence-electron chi connectivity index (χ2n) is 6.00. The molecule has 1 aromatic rings. The quantitative estimate of drug-likeness (QED) is 0.862. The Bertz CT molecular complexity index is 667. The number of rotatable bonds is 4. The van der Waals surface area contributed by atoms with Crippen LogP contribution >= 0.6 is 11.6 Å². The third-order valence-corrected chi connectivity index (χ3v) is 4.49. The average molecular weight is 351 g/mol. The minimum atomic E-state index is -1.03. The first-order valence-corrected chi connectivity index (χ1v) is 8.24. The van der Waals surface area contributed by atoms with Crippen LogP contribution in [0.5, 0.6) is 5.75 Å². The molecule has 7 heteroatoms. The van der Waals surface area contributed by atoms with Gasteiger partial charge in [0.05, 0.1) is 11.6 Å². The van der Waals surface area contributed by atoms with Gasteiger partial charge in [-0.05, 0) is 37.0 Å². The van der Waals surface area contributed by atoms with E-state index < -0.39 is 12.5 Å². The Hall–Kier alpha value is -1.62. The van der Waals surface area contributed by atoms with Gasteiger partial charge >= 0.3 is 0 Å². The van der Waals surface area contributed by atoms with Crippen molar-refractivity contribution in [3.05, 3.63) is 40.6 Å². The number of nitrogens with zero attached hydrogens (tertiary/aromatic N) is 2. The highest BCUT2D eigenvalue weighted by atomic mass is 35.5. The van der Waals surface area contributed by atoms with Gasteiger partial charge in [0, 0.05) is 30.9 Å². The van der Waals surface area contributed by atoms with Crippen LogP contribution in [0.4, 0.5) is 0 Å². The summed E-state index contributed by atoms with van der Waals surface area (Å²) in [6.45, 7) is 1.98. The molecule has 0 spiro atoms. The predicted octanol–water partition coefficient (Wildman–Crippen LogP) is 1.85. The highest BCUT2D eigenvalue weighted by molar-refractivity contribution is 6.30. The highest BCUT2D eigenvalue weighted by Crippen LogP contribution is 2.29. The number of hydrogen-bond acceptors (Lipinski definition) is 6. The summed E-state index contributed by atoms with van der Waals surface area (Å²) in [6, 6.07) is 6.62. The van der Waals surface area contributed by atoms with Gasteiger partial charge in [0.1, 0.15) is 17.7 Å². The van der Waals surface area contributed by atoms with Gasteiger partial charge in [0.15, 0.2) is 6.23 Å². The number of halogens is 1. The molecule has 3 rings (SSSR count). The van der Waals surface area contributed by atoms with Crippen LogP contribution in [0.1, 0.15) is 18.4 Å². The van der Waals surface area contributed by atoms with Gasteiger partial charge in [0.2, 0.25) is 0 Å². The molecule has 1 fully saturated rings. The molecule has 6 nitrogen and oxygen atoms in total. The van der Waals surface area contributed by atoms with Crippen molar-refractivity contribution in [2.45, 2.75) is 25.3 Å². The second kappa shape index (κ2) is 7.51. The predicted molar refractivity (Wildman–Crippen MR) is 87.1 cm³/mol. The van der Waals surface area contributed by atoms with E-state index in [4.69, 9.17) is 26.3 Å². The molecule has 0 saturated carbocycles. The molecule has 2 unspecified atom stereocenters. The van der Waals surface area contributed by atoms with Crippen LogP contribution in [0.25, 0.3) is 0 Å². The second-order valence-corrected chi connectivity index (χ2v) is 6.43. The van der Waals surface area contributed by atoms with Crippen LogP contribution < -0.4 is 4.74 Å². The Morgan fingerprint density at radius 2 is 2.04 bits per heavy atom. The third-order valence-electron chi connectivity index (χ3n) is 4.27. The summed E-state index contributed by atoms with van der Waals surface area (Å²) >= 11 is 5.95. The summed E-state index contributed by atoms with van der Waals surface area (Å²) in [6.07, 6.45) is 1.34. The number of benzene rings is 1. The van der Waals surface area contributed by atoms with E-state index in [0.717, 1.165) is 12.8 Å². The van der Waals surface area contributed by atoms with Gasteiger partial charge in [-0.2, -0.15) is 5.26 Å². The molecular formula is C17H19ClN2O4. The first-order valence-electron chi connectivity index (χ1n) is 7.86. The molecule has 2 N–H and O–H groups in total. The van der Waals surface area contributed by atoms with Crippen LogP contribution in [-0.2, 0) is 4.74 Å². The van der Waals surface area contributed by atoms with Crippen LogP contribution in [0.3, 0.4) is 0 Å². The lowest BCUT2D eigenvalue weighted by Crippen LogP contribution is -2.42. The minimum absolute atomic E-state index is 0.237. The zero-order valence-corrected chi connectivity index (χ0v) is 13.8. The molecule has 0 bridgehead atoms. The van der Waals surface area contributed by atoms with Gasteiger partial charge in [-0.15, -0.1) is 0 Å². The molecule has 0 radical (unpaired) electrons. The van der Waals surface area contributed by atoms with Gasteiger partial charge in [-0.3, -0.25) is 0 Å². The van der Waals surface area contributed by atoms with E-state index in [0.29, 0.717) is 42.0 Å². The van der Waals surface area contributed by atoms with Crippen LogP contribution in [0.15, 0.2) is 30.0 Å². The molecular weight excluding hydrogens is 332 g/mol. The fourth-order valence-electron chi connectivity index (χ4n) is 2.98. The first kappa shape index (κ1) is 17.2. The zero-order valence-electron chi connectivity index (χ0n) is 13.1. The van der Waals surface area contributed by atoms with Crippen LogP contribution in [-0.4, -0.2) is 47.3 Å². The molecule has 1 saturated heterocycles. The summed E-state index contributed by atoms with van der Waals surface area (Å²) in [5.41, 5.74) is 0.366. The van der Waals surface area contributed by atoms with Gasteiger partial charge in [-0.1, -0.05) is 11.6 Å². The zero-order chi connectivity index (χ0) is 17.1. The topological polar surface area (TPSA) is 86.0 Å². The number of hydrogen-bond donors (Lipinski definition) is 2. The Morgan fingerprint density at radius 3 is 2.75 bits per heavy atom. The Morgan fingerprint density at radius 1 is 1.29 bits per heavy atom. The lowest BCUT2D eigenvalue weighted by Gasteiger charge is -2.31. The van der Waals surface area contributed by atoms with Crippen LogP contribution in [0.2, 0.25) is 5.02 Å². The number of aliphatic hydroxyl groups is 2. The van der Waals surface area contributed by atoms with Crippen molar-refractivity contribution in [3.8, 4) is 11.8 Å². The molecule has 24 heavy (non-hydrogen) atoms. The summed E-state index contributed by atoms with van der Waals surface area (Å²) in [7, 11) is 0. The lowest BCUT2D eigenvalue weighted by atomic mass is 10.00. The van der Waals surface area contributed by atoms with E-state index in [1.165, 1.54) is 18.2 Å². The Balaban J connectivity index is 1.67. The SMILES string of the molecule is N#Cc1cc(Cl)cc(OC2=CC(O)N(CC3CCOCC3)C2O)c1. The third kappa shape index (κ3) is 3.89. The fraction of sp³-hybridized carbons (Fsp3) is 0.471. The summed E-state index contributed by atoms with van der Waals surface area (Å²) in [5, 5.41) is 30.0. The molecule has 1 aromatic carbocycles. The monoisotopic (exact) mass is 350 g/mol. The van der Waals surface area contributed by atoms with E-state index in [9.17, 15) is 10.2 Å². The molecule has 2 aliphatic rings. The molecule has 2 aliphatic heterocycles. The van der Waals surface area contributed by atoms with E-state index in [2.05, 4.69) is 0 Å². The first-order chi connectivity index (χ1) is 11.6. The van der Waals surface area contributed by atoms with Gasteiger partial charge in [0.25, 0.3) is 0 Å². The highest BCUT2D eigenvalue weighted by Gasteiger charge is 2.35. The molecule has 0 amide bonds. The van der Waals surface area contributed by atoms with E-state index in [1.807, 2.05) is 6.07 Å². The van der Waals surface area contributed by atoms with E-state index >= 15 is 0 Å². The van der Waals surface area contributed by atoms with Crippen LogP contribution in [0, 0.1) is 17.2 Å². The van der Waals surface area contributed by atoms with Crippen molar-refractivity contribution < 1.29 is 19.7 Å². The normalized spacial score (nSPS) is 25.3. The maximum atomic E-state index is 10.5.